The number of benzene rings is 2. The van der Waals surface area contributed by atoms with Gasteiger partial charge in [-0.2, -0.15) is 13.2 Å². The maximum atomic E-state index is 14.6. The van der Waals surface area contributed by atoms with Crippen molar-refractivity contribution in [2.24, 2.45) is 5.92 Å². The second-order valence-electron chi connectivity index (χ2n) is 8.98. The number of alkyl halides is 3. The van der Waals surface area contributed by atoms with Gasteiger partial charge in [-0.15, -0.1) is 0 Å². The Balaban J connectivity index is 1.80. The summed E-state index contributed by atoms with van der Waals surface area (Å²) in [4.78, 5) is 14.9. The Labute approximate surface area is 212 Å². The zero-order valence-corrected chi connectivity index (χ0v) is 21.9. The molecule has 0 unspecified atom stereocenters. The lowest BCUT2D eigenvalue weighted by Gasteiger charge is -2.36. The molecule has 0 atom stereocenters. The average molecular weight is 567 g/mol. The van der Waals surface area contributed by atoms with Gasteiger partial charge in [0.2, 0.25) is 0 Å². The first kappa shape index (κ1) is 28.7. The number of piperazine rings is 1. The number of hydrogen-bond donors (Lipinski definition) is 0. The summed E-state index contributed by atoms with van der Waals surface area (Å²) in [6.45, 7) is 4.50. The van der Waals surface area contributed by atoms with Crippen molar-refractivity contribution in [1.29, 1.82) is 0 Å². The highest BCUT2D eigenvalue weighted by atomic mass is 32.2. The molecule has 0 spiro atoms. The van der Waals surface area contributed by atoms with Crippen molar-refractivity contribution in [3.05, 3.63) is 47.8 Å². The lowest BCUT2D eigenvalue weighted by Crippen LogP contribution is -2.49. The molecule has 1 saturated heterocycles. The summed E-state index contributed by atoms with van der Waals surface area (Å²) in [6.07, 6.45) is 1.02. The molecule has 2 aromatic carbocycles. The van der Waals surface area contributed by atoms with Crippen molar-refractivity contribution in [1.82, 2.24) is 4.90 Å². The zero-order chi connectivity index (χ0) is 27.8. The third-order valence-corrected chi connectivity index (χ3v) is 8.22. The first-order chi connectivity index (χ1) is 17.0. The molecule has 0 bridgehead atoms. The molecule has 0 aliphatic carbocycles. The molecule has 14 heteroatoms. The van der Waals surface area contributed by atoms with Gasteiger partial charge in [0, 0.05) is 32.4 Å². The highest BCUT2D eigenvalue weighted by Gasteiger charge is 2.47. The van der Waals surface area contributed by atoms with Gasteiger partial charge in [-0.05, 0) is 42.3 Å². The molecule has 0 N–H and O–H groups in total. The maximum absolute atomic E-state index is 14.6. The minimum atomic E-state index is -5.69. The lowest BCUT2D eigenvalue weighted by molar-refractivity contribution is -0.0436. The van der Waals surface area contributed by atoms with Gasteiger partial charge in [-0.3, -0.25) is 4.79 Å². The standard InChI is InChI=1S/C23H26F4N2O6S2/c1-15(2)14-35-21-7-5-16(36(3,31)32)12-18(21)22(30)29-10-8-28(9-11-29)20-6-4-17(13-19(20)24)37(33,34)23(25,26)27/h4-7,12-13,15H,8-11,14H2,1-3H3. The van der Waals surface area contributed by atoms with Gasteiger partial charge in [0.1, 0.15) is 11.6 Å². The molecule has 1 fully saturated rings. The number of amides is 1. The van der Waals surface area contributed by atoms with Gasteiger partial charge in [-0.25, -0.2) is 21.2 Å². The summed E-state index contributed by atoms with van der Waals surface area (Å²) in [7, 11) is -9.29. The van der Waals surface area contributed by atoms with E-state index in [1.54, 1.807) is 0 Å². The fraction of sp³-hybridized carbons (Fsp3) is 0.435. The fourth-order valence-corrected chi connectivity index (χ4v) is 5.08. The van der Waals surface area contributed by atoms with E-state index in [0.717, 1.165) is 12.3 Å². The van der Waals surface area contributed by atoms with Gasteiger partial charge in [-0.1, -0.05) is 13.8 Å². The van der Waals surface area contributed by atoms with Gasteiger partial charge in [0.15, 0.2) is 9.84 Å². The summed E-state index contributed by atoms with van der Waals surface area (Å²) < 4.78 is 106. The average Bonchev–Trinajstić information content (AvgIpc) is 2.81. The highest BCUT2D eigenvalue weighted by Crippen LogP contribution is 2.33. The van der Waals surface area contributed by atoms with E-state index in [0.29, 0.717) is 18.7 Å². The number of anilines is 1. The molecule has 2 aromatic rings. The Morgan fingerprint density at radius 3 is 2.08 bits per heavy atom. The summed E-state index contributed by atoms with van der Waals surface area (Å²) in [5.74, 6) is -1.26. The van der Waals surface area contributed by atoms with E-state index in [1.165, 1.54) is 28.0 Å². The van der Waals surface area contributed by atoms with Crippen LogP contribution in [-0.2, 0) is 19.7 Å². The van der Waals surface area contributed by atoms with E-state index >= 15 is 0 Å². The molecular formula is C23H26F4N2O6S2. The van der Waals surface area contributed by atoms with Crippen LogP contribution < -0.4 is 9.64 Å². The molecule has 0 radical (unpaired) electrons. The highest BCUT2D eigenvalue weighted by molar-refractivity contribution is 7.92. The van der Waals surface area contributed by atoms with Crippen LogP contribution in [0.5, 0.6) is 5.75 Å². The van der Waals surface area contributed by atoms with Crippen LogP contribution >= 0.6 is 0 Å². The minimum absolute atomic E-state index is 0.0534. The van der Waals surface area contributed by atoms with Crippen LogP contribution in [0.4, 0.5) is 23.2 Å². The SMILES string of the molecule is CC(C)COc1ccc(S(C)(=O)=O)cc1C(=O)N1CCN(c2ccc(S(=O)(=O)C(F)(F)F)cc2F)CC1. The largest absolute Gasteiger partial charge is 0.501 e. The topological polar surface area (TPSA) is 101 Å². The molecule has 1 amide bonds. The molecule has 1 aliphatic heterocycles. The monoisotopic (exact) mass is 566 g/mol. The first-order valence-corrected chi connectivity index (χ1v) is 14.5. The molecule has 3 rings (SSSR count). The molecule has 1 aliphatic rings. The molecule has 0 saturated carbocycles. The van der Waals surface area contributed by atoms with Gasteiger partial charge < -0.3 is 14.5 Å². The summed E-state index contributed by atoms with van der Waals surface area (Å²) >= 11 is 0. The smallest absolute Gasteiger partial charge is 0.492 e. The Hall–Kier alpha value is -2.87. The van der Waals surface area contributed by atoms with Gasteiger partial charge >= 0.3 is 5.51 Å². The van der Waals surface area contributed by atoms with Crippen molar-refractivity contribution in [3.63, 3.8) is 0 Å². The predicted molar refractivity (Wildman–Crippen MR) is 128 cm³/mol. The molecule has 8 nitrogen and oxygen atoms in total. The quantitative estimate of drug-likeness (QED) is 0.473. The Morgan fingerprint density at radius 2 is 1.57 bits per heavy atom. The number of hydrogen-bond acceptors (Lipinski definition) is 7. The van der Waals surface area contributed by atoms with Crippen molar-refractivity contribution in [3.8, 4) is 5.75 Å². The number of carbonyl (C=O) groups excluding carboxylic acids is 1. The van der Waals surface area contributed by atoms with E-state index in [4.69, 9.17) is 4.74 Å². The molecular weight excluding hydrogens is 540 g/mol. The van der Waals surface area contributed by atoms with E-state index in [1.807, 2.05) is 13.8 Å². The molecule has 1 heterocycles. The van der Waals surface area contributed by atoms with Crippen LogP contribution in [0, 0.1) is 11.7 Å². The zero-order valence-electron chi connectivity index (χ0n) is 20.2. The van der Waals surface area contributed by atoms with Gasteiger partial charge in [0.05, 0.1) is 27.6 Å². The minimum Gasteiger partial charge on any atom is -0.492 e. The molecule has 0 aromatic heterocycles. The second kappa shape index (κ2) is 10.5. The van der Waals surface area contributed by atoms with E-state index in [-0.39, 0.29) is 54.0 Å². The van der Waals surface area contributed by atoms with Crippen LogP contribution in [0.25, 0.3) is 0 Å². The number of nitrogens with zero attached hydrogens (tertiary/aromatic N) is 2. The van der Waals surface area contributed by atoms with Crippen molar-refractivity contribution < 1.29 is 43.9 Å². The number of ether oxygens (including phenoxy) is 1. The fourth-order valence-electron chi connectivity index (χ4n) is 3.65. The molecule has 37 heavy (non-hydrogen) atoms. The Bertz CT molecular complexity index is 1380. The lowest BCUT2D eigenvalue weighted by atomic mass is 10.1. The normalized spacial score (nSPS) is 15.2. The predicted octanol–water partition coefficient (Wildman–Crippen LogP) is 3.52. The first-order valence-electron chi connectivity index (χ1n) is 11.1. The number of carbonyl (C=O) groups is 1. The van der Waals surface area contributed by atoms with E-state index in [2.05, 4.69) is 0 Å². The number of sulfone groups is 2. The third kappa shape index (κ3) is 6.35. The van der Waals surface area contributed by atoms with E-state index in [9.17, 15) is 39.2 Å². The third-order valence-electron chi connectivity index (χ3n) is 5.62. The van der Waals surface area contributed by atoms with Crippen LogP contribution in [0.2, 0.25) is 0 Å². The van der Waals surface area contributed by atoms with Gasteiger partial charge in [0.25, 0.3) is 15.7 Å². The Morgan fingerprint density at radius 1 is 0.973 bits per heavy atom. The number of rotatable bonds is 7. The van der Waals surface area contributed by atoms with E-state index < -0.39 is 41.8 Å². The van der Waals surface area contributed by atoms with Crippen LogP contribution in [0.1, 0.15) is 24.2 Å². The maximum Gasteiger partial charge on any atom is 0.501 e. The van der Waals surface area contributed by atoms with Crippen molar-refractivity contribution >= 4 is 31.3 Å². The second-order valence-corrected chi connectivity index (χ2v) is 12.9. The molecule has 204 valence electrons. The van der Waals surface area contributed by atoms with Crippen LogP contribution in [0.15, 0.2) is 46.2 Å². The van der Waals surface area contributed by atoms with Crippen molar-refractivity contribution in [2.45, 2.75) is 29.1 Å². The Kier molecular flexibility index (Phi) is 8.13. The summed E-state index contributed by atoms with van der Waals surface area (Å²) in [5, 5.41) is 0. The number of halogens is 4. The summed E-state index contributed by atoms with van der Waals surface area (Å²) in [5.41, 5.74) is -5.60. The summed E-state index contributed by atoms with van der Waals surface area (Å²) in [6, 6.07) is 6.00. The van der Waals surface area contributed by atoms with Crippen LogP contribution in [-0.4, -0.2) is 72.2 Å². The van der Waals surface area contributed by atoms with Crippen LogP contribution in [0.3, 0.4) is 0 Å². The van der Waals surface area contributed by atoms with Crippen molar-refractivity contribution in [2.75, 3.05) is 43.9 Å².